The minimum atomic E-state index is -0.196. The lowest BCUT2D eigenvalue weighted by atomic mass is 10.0. The molecule has 0 fully saturated rings. The van der Waals surface area contributed by atoms with Crippen LogP contribution in [0.4, 0.5) is 0 Å². The van der Waals surface area contributed by atoms with Gasteiger partial charge in [-0.1, -0.05) is 26.0 Å². The molecule has 1 amide bonds. The zero-order valence-corrected chi connectivity index (χ0v) is 12.5. The van der Waals surface area contributed by atoms with Gasteiger partial charge in [0.1, 0.15) is 0 Å². The Kier molecular flexibility index (Phi) is 5.39. The number of aliphatic hydroxyl groups excluding tert-OH is 1. The summed E-state index contributed by atoms with van der Waals surface area (Å²) in [4.78, 5) is 12.1. The van der Waals surface area contributed by atoms with Gasteiger partial charge in [-0.05, 0) is 47.1 Å². The number of aliphatic hydroxyl groups is 1. The van der Waals surface area contributed by atoms with Crippen molar-refractivity contribution in [3.63, 3.8) is 0 Å². The summed E-state index contributed by atoms with van der Waals surface area (Å²) >= 11 is 2.17. The summed E-state index contributed by atoms with van der Waals surface area (Å²) in [6.07, 6.45) is 0. The van der Waals surface area contributed by atoms with E-state index >= 15 is 0 Å². The third kappa shape index (κ3) is 3.67. The zero-order chi connectivity index (χ0) is 13.0. The van der Waals surface area contributed by atoms with Crippen LogP contribution < -0.4 is 5.32 Å². The number of amides is 1. The van der Waals surface area contributed by atoms with E-state index in [0.717, 1.165) is 9.13 Å². The third-order valence-corrected chi connectivity index (χ3v) is 4.19. The molecule has 0 aromatic heterocycles. The summed E-state index contributed by atoms with van der Waals surface area (Å²) in [6, 6.07) is 5.46. The highest BCUT2D eigenvalue weighted by Crippen LogP contribution is 2.17. The van der Waals surface area contributed by atoms with Crippen LogP contribution >= 0.6 is 22.6 Å². The van der Waals surface area contributed by atoms with Crippen molar-refractivity contribution >= 4 is 28.5 Å². The van der Waals surface area contributed by atoms with E-state index < -0.39 is 0 Å². The molecular weight excluding hydrogens is 329 g/mol. The Morgan fingerprint density at radius 3 is 2.65 bits per heavy atom. The number of hydrogen-bond donors (Lipinski definition) is 2. The van der Waals surface area contributed by atoms with Crippen LogP contribution in [0.3, 0.4) is 0 Å². The molecule has 0 saturated carbocycles. The fourth-order valence-electron chi connectivity index (χ4n) is 1.49. The zero-order valence-electron chi connectivity index (χ0n) is 10.3. The van der Waals surface area contributed by atoms with Crippen LogP contribution in [0.5, 0.6) is 0 Å². The summed E-state index contributed by atoms with van der Waals surface area (Å²) < 4.78 is 0.961. The molecule has 0 spiro atoms. The molecule has 1 atom stereocenters. The van der Waals surface area contributed by atoms with Crippen molar-refractivity contribution in [1.29, 1.82) is 0 Å². The monoisotopic (exact) mass is 347 g/mol. The SMILES string of the molecule is Cc1cccc(C(=O)NC(CO)C(C)C)c1I. The molecule has 94 valence electrons. The van der Waals surface area contributed by atoms with Crippen molar-refractivity contribution in [2.24, 2.45) is 5.92 Å². The van der Waals surface area contributed by atoms with Gasteiger partial charge in [0.2, 0.25) is 0 Å². The maximum atomic E-state index is 12.1. The summed E-state index contributed by atoms with van der Waals surface area (Å²) in [5.74, 6) is 0.0947. The predicted octanol–water partition coefficient (Wildman–Crippen LogP) is 2.35. The molecule has 0 radical (unpaired) electrons. The van der Waals surface area contributed by atoms with Gasteiger partial charge in [0, 0.05) is 3.57 Å². The first-order valence-electron chi connectivity index (χ1n) is 5.64. The molecule has 0 aliphatic carbocycles. The smallest absolute Gasteiger partial charge is 0.252 e. The van der Waals surface area contributed by atoms with Crippen molar-refractivity contribution < 1.29 is 9.90 Å². The second-order valence-electron chi connectivity index (χ2n) is 4.44. The average Bonchev–Trinajstić information content (AvgIpc) is 2.28. The summed E-state index contributed by atoms with van der Waals surface area (Å²) in [7, 11) is 0. The largest absolute Gasteiger partial charge is 0.394 e. The minimum Gasteiger partial charge on any atom is -0.394 e. The molecule has 1 rings (SSSR count). The number of carbonyl (C=O) groups excluding carboxylic acids is 1. The van der Waals surface area contributed by atoms with E-state index in [-0.39, 0.29) is 24.5 Å². The summed E-state index contributed by atoms with van der Waals surface area (Å²) in [5, 5.41) is 12.1. The van der Waals surface area contributed by atoms with E-state index in [4.69, 9.17) is 0 Å². The van der Waals surface area contributed by atoms with Gasteiger partial charge in [-0.15, -0.1) is 0 Å². The number of halogens is 1. The van der Waals surface area contributed by atoms with Crippen molar-refractivity contribution in [3.8, 4) is 0 Å². The lowest BCUT2D eigenvalue weighted by Gasteiger charge is -2.20. The van der Waals surface area contributed by atoms with E-state index in [0.29, 0.717) is 5.56 Å². The van der Waals surface area contributed by atoms with Crippen molar-refractivity contribution in [2.45, 2.75) is 26.8 Å². The Hall–Kier alpha value is -0.620. The van der Waals surface area contributed by atoms with Crippen LogP contribution in [0.2, 0.25) is 0 Å². The molecule has 0 bridgehead atoms. The molecule has 1 unspecified atom stereocenters. The average molecular weight is 347 g/mol. The number of nitrogens with one attached hydrogen (secondary N) is 1. The van der Waals surface area contributed by atoms with Crippen LogP contribution in [0.1, 0.15) is 29.8 Å². The van der Waals surface area contributed by atoms with Crippen LogP contribution in [-0.4, -0.2) is 23.7 Å². The maximum Gasteiger partial charge on any atom is 0.252 e. The second-order valence-corrected chi connectivity index (χ2v) is 5.52. The lowest BCUT2D eigenvalue weighted by molar-refractivity contribution is 0.0896. The normalized spacial score (nSPS) is 12.6. The van der Waals surface area contributed by atoms with Gasteiger partial charge in [-0.3, -0.25) is 4.79 Å². The van der Waals surface area contributed by atoms with Gasteiger partial charge in [0.15, 0.2) is 0 Å². The number of carbonyl (C=O) groups is 1. The topological polar surface area (TPSA) is 49.3 Å². The minimum absolute atomic E-state index is 0.0359. The van der Waals surface area contributed by atoms with E-state index in [9.17, 15) is 9.90 Å². The quantitative estimate of drug-likeness (QED) is 0.822. The van der Waals surface area contributed by atoms with E-state index in [1.54, 1.807) is 6.07 Å². The second kappa shape index (κ2) is 6.35. The van der Waals surface area contributed by atoms with Crippen molar-refractivity contribution in [1.82, 2.24) is 5.32 Å². The predicted molar refractivity (Wildman–Crippen MR) is 77.1 cm³/mol. The van der Waals surface area contributed by atoms with E-state index in [1.807, 2.05) is 32.9 Å². The first-order valence-corrected chi connectivity index (χ1v) is 6.72. The maximum absolute atomic E-state index is 12.1. The number of aryl methyl sites for hydroxylation is 1. The number of benzene rings is 1. The molecule has 2 N–H and O–H groups in total. The Labute approximate surface area is 116 Å². The summed E-state index contributed by atoms with van der Waals surface area (Å²) in [6.45, 7) is 5.89. The van der Waals surface area contributed by atoms with E-state index in [1.165, 1.54) is 0 Å². The first kappa shape index (κ1) is 14.4. The molecular formula is C13H18INO2. The molecule has 0 aliphatic rings. The molecule has 4 heteroatoms. The van der Waals surface area contributed by atoms with Crippen molar-refractivity contribution in [3.05, 3.63) is 32.9 Å². The fraction of sp³-hybridized carbons (Fsp3) is 0.462. The van der Waals surface area contributed by atoms with Crippen LogP contribution in [0.25, 0.3) is 0 Å². The number of hydrogen-bond acceptors (Lipinski definition) is 2. The molecule has 17 heavy (non-hydrogen) atoms. The molecule has 0 saturated heterocycles. The van der Waals surface area contributed by atoms with Gasteiger partial charge in [0.05, 0.1) is 18.2 Å². The Morgan fingerprint density at radius 2 is 2.12 bits per heavy atom. The molecule has 1 aromatic carbocycles. The Bertz CT molecular complexity index is 404. The van der Waals surface area contributed by atoms with Gasteiger partial charge in [-0.25, -0.2) is 0 Å². The molecule has 1 aromatic rings. The molecule has 0 aliphatic heterocycles. The highest BCUT2D eigenvalue weighted by atomic mass is 127. The lowest BCUT2D eigenvalue weighted by Crippen LogP contribution is -2.41. The van der Waals surface area contributed by atoms with Gasteiger partial charge in [0.25, 0.3) is 5.91 Å². The fourth-order valence-corrected chi connectivity index (χ4v) is 2.10. The van der Waals surface area contributed by atoms with Crippen LogP contribution in [0.15, 0.2) is 18.2 Å². The summed E-state index contributed by atoms with van der Waals surface area (Å²) in [5.41, 5.74) is 1.76. The van der Waals surface area contributed by atoms with Gasteiger partial charge >= 0.3 is 0 Å². The van der Waals surface area contributed by atoms with E-state index in [2.05, 4.69) is 27.9 Å². The van der Waals surface area contributed by atoms with Gasteiger partial charge < -0.3 is 10.4 Å². The first-order chi connectivity index (χ1) is 7.97. The number of rotatable bonds is 4. The Morgan fingerprint density at radius 1 is 1.47 bits per heavy atom. The highest BCUT2D eigenvalue weighted by Gasteiger charge is 2.18. The highest BCUT2D eigenvalue weighted by molar-refractivity contribution is 14.1. The van der Waals surface area contributed by atoms with Gasteiger partial charge in [-0.2, -0.15) is 0 Å². The Balaban J connectivity index is 2.86. The van der Waals surface area contributed by atoms with Crippen LogP contribution in [0, 0.1) is 16.4 Å². The molecule has 3 nitrogen and oxygen atoms in total. The third-order valence-electron chi connectivity index (χ3n) is 2.75. The standard InChI is InChI=1S/C13H18INO2/c1-8(2)11(7-16)15-13(17)10-6-4-5-9(3)12(10)14/h4-6,8,11,16H,7H2,1-3H3,(H,15,17). The molecule has 0 heterocycles. The van der Waals surface area contributed by atoms with Crippen LogP contribution in [-0.2, 0) is 0 Å². The van der Waals surface area contributed by atoms with Crippen molar-refractivity contribution in [2.75, 3.05) is 6.61 Å².